The van der Waals surface area contributed by atoms with Gasteiger partial charge in [0.05, 0.1) is 21.6 Å². The average Bonchev–Trinajstić information content (AvgIpc) is 3.51. The zero-order chi connectivity index (χ0) is 22.2. The Labute approximate surface area is 185 Å². The number of ether oxygens (including phenoxy) is 1. The number of sulfone groups is 1. The molecule has 0 radical (unpaired) electrons. The molecule has 5 atom stereocenters. The third-order valence-electron chi connectivity index (χ3n) is 7.28. The van der Waals surface area contributed by atoms with E-state index in [4.69, 9.17) is 9.26 Å². The molecular formula is C24H22N2O5S. The van der Waals surface area contributed by atoms with Crippen LogP contribution in [0.1, 0.15) is 35.8 Å². The van der Waals surface area contributed by atoms with Crippen LogP contribution in [0.25, 0.3) is 11.4 Å². The Bertz CT molecular complexity index is 1340. The SMILES string of the molecule is Cc1ccc(S(=O)(=O)c2cc(-c3noc(C4C5CC6OC(=O)C4C6C5)n3)ccc2C)cc1. The van der Waals surface area contributed by atoms with Crippen molar-refractivity contribution in [3.63, 3.8) is 0 Å². The van der Waals surface area contributed by atoms with Gasteiger partial charge in [-0.2, -0.15) is 4.98 Å². The van der Waals surface area contributed by atoms with E-state index < -0.39 is 9.84 Å². The summed E-state index contributed by atoms with van der Waals surface area (Å²) in [7, 11) is -3.69. The first-order valence-corrected chi connectivity index (χ1v) is 12.3. The van der Waals surface area contributed by atoms with E-state index in [0.29, 0.717) is 28.8 Å². The van der Waals surface area contributed by atoms with Crippen molar-refractivity contribution < 1.29 is 22.5 Å². The second-order valence-corrected chi connectivity index (χ2v) is 11.1. The van der Waals surface area contributed by atoms with Crippen LogP contribution in [0, 0.1) is 31.6 Å². The maximum absolute atomic E-state index is 13.3. The summed E-state index contributed by atoms with van der Waals surface area (Å²) in [6.45, 7) is 3.68. The average molecular weight is 451 g/mol. The first-order chi connectivity index (χ1) is 15.3. The first-order valence-electron chi connectivity index (χ1n) is 10.8. The fraction of sp³-hybridized carbons (Fsp3) is 0.375. The summed E-state index contributed by atoms with van der Waals surface area (Å²) in [5.74, 6) is 0.843. The number of benzene rings is 2. The molecule has 1 aromatic heterocycles. The molecule has 3 fully saturated rings. The molecular weight excluding hydrogens is 428 g/mol. The van der Waals surface area contributed by atoms with Crippen molar-refractivity contribution in [1.82, 2.24) is 10.1 Å². The minimum Gasteiger partial charge on any atom is -0.462 e. The summed E-state index contributed by atoms with van der Waals surface area (Å²) in [6, 6.07) is 11.9. The van der Waals surface area contributed by atoms with E-state index in [1.54, 1.807) is 49.4 Å². The van der Waals surface area contributed by atoms with Crippen molar-refractivity contribution >= 4 is 15.8 Å². The van der Waals surface area contributed by atoms with Gasteiger partial charge in [0.25, 0.3) is 0 Å². The zero-order valence-corrected chi connectivity index (χ0v) is 18.5. The monoisotopic (exact) mass is 450 g/mol. The Morgan fingerprint density at radius 3 is 2.56 bits per heavy atom. The van der Waals surface area contributed by atoms with Gasteiger partial charge in [-0.1, -0.05) is 35.0 Å². The van der Waals surface area contributed by atoms with Crippen LogP contribution in [0.5, 0.6) is 0 Å². The molecule has 3 aromatic rings. The Hall–Kier alpha value is -3.00. The van der Waals surface area contributed by atoms with Crippen LogP contribution in [-0.2, 0) is 19.4 Å². The zero-order valence-electron chi connectivity index (χ0n) is 17.7. The molecule has 5 unspecified atom stereocenters. The fourth-order valence-electron chi connectivity index (χ4n) is 5.70. The van der Waals surface area contributed by atoms with Crippen molar-refractivity contribution in [3.05, 3.63) is 59.5 Å². The highest BCUT2D eigenvalue weighted by Gasteiger charge is 2.63. The Morgan fingerprint density at radius 1 is 1.00 bits per heavy atom. The molecule has 1 aliphatic heterocycles. The van der Waals surface area contributed by atoms with Crippen LogP contribution in [0.15, 0.2) is 56.8 Å². The molecule has 2 saturated carbocycles. The van der Waals surface area contributed by atoms with Crippen LogP contribution >= 0.6 is 0 Å². The van der Waals surface area contributed by atoms with Crippen LogP contribution < -0.4 is 0 Å². The third kappa shape index (κ3) is 2.78. The number of hydrogen-bond donors (Lipinski definition) is 0. The maximum atomic E-state index is 13.3. The van der Waals surface area contributed by atoms with Gasteiger partial charge in [-0.25, -0.2) is 8.42 Å². The minimum atomic E-state index is -3.69. The Morgan fingerprint density at radius 2 is 1.78 bits per heavy atom. The van der Waals surface area contributed by atoms with Crippen molar-refractivity contribution in [2.75, 3.05) is 0 Å². The van der Waals surface area contributed by atoms with Gasteiger partial charge in [0.2, 0.25) is 21.6 Å². The van der Waals surface area contributed by atoms with E-state index in [2.05, 4.69) is 10.1 Å². The summed E-state index contributed by atoms with van der Waals surface area (Å²) in [5.41, 5.74) is 2.20. The van der Waals surface area contributed by atoms with Crippen LogP contribution in [0.4, 0.5) is 0 Å². The van der Waals surface area contributed by atoms with E-state index >= 15 is 0 Å². The third-order valence-corrected chi connectivity index (χ3v) is 9.19. The summed E-state index contributed by atoms with van der Waals surface area (Å²) in [4.78, 5) is 17.4. The molecule has 1 saturated heterocycles. The lowest BCUT2D eigenvalue weighted by Crippen LogP contribution is -2.24. The standard InChI is InChI=1S/C24H22N2O5S/c1-12-3-7-16(8-4-12)32(28,29)19-11-14(6-5-13(19)2)22-25-23(31-26-22)20-15-9-17-18(10-15)30-24(27)21(17)20/h3-8,11,15,17-18,20-21H,9-10H2,1-2H3. The van der Waals surface area contributed by atoms with Gasteiger partial charge in [-0.05, 0) is 56.4 Å². The summed E-state index contributed by atoms with van der Waals surface area (Å²) < 4.78 is 37.6. The fourth-order valence-corrected chi connectivity index (χ4v) is 7.22. The van der Waals surface area contributed by atoms with E-state index in [1.807, 2.05) is 6.92 Å². The van der Waals surface area contributed by atoms with Crippen LogP contribution in [0.3, 0.4) is 0 Å². The normalized spacial score (nSPS) is 28.3. The number of nitrogens with zero attached hydrogens (tertiary/aromatic N) is 2. The van der Waals surface area contributed by atoms with E-state index in [9.17, 15) is 13.2 Å². The summed E-state index contributed by atoms with van der Waals surface area (Å²) in [5, 5.41) is 4.13. The largest absolute Gasteiger partial charge is 0.462 e. The van der Waals surface area contributed by atoms with Gasteiger partial charge in [-0.15, -0.1) is 0 Å². The van der Waals surface area contributed by atoms with Gasteiger partial charge in [-0.3, -0.25) is 4.79 Å². The molecule has 164 valence electrons. The smallest absolute Gasteiger partial charge is 0.310 e. The molecule has 6 rings (SSSR count). The molecule has 8 heteroatoms. The maximum Gasteiger partial charge on any atom is 0.310 e. The van der Waals surface area contributed by atoms with Crippen LogP contribution in [0.2, 0.25) is 0 Å². The second-order valence-electron chi connectivity index (χ2n) is 9.18. The predicted octanol–water partition coefficient (Wildman–Crippen LogP) is 3.85. The van der Waals surface area contributed by atoms with Gasteiger partial charge in [0, 0.05) is 11.5 Å². The highest BCUT2D eigenvalue weighted by molar-refractivity contribution is 7.91. The molecule has 0 N–H and O–H groups in total. The van der Waals surface area contributed by atoms with Gasteiger partial charge < -0.3 is 9.26 Å². The summed E-state index contributed by atoms with van der Waals surface area (Å²) in [6.07, 6.45) is 1.84. The number of fused-ring (bicyclic) bond motifs is 1. The lowest BCUT2D eigenvalue weighted by atomic mass is 9.80. The molecule has 3 aliphatic rings. The number of carbonyl (C=O) groups is 1. The number of aryl methyl sites for hydroxylation is 2. The predicted molar refractivity (Wildman–Crippen MR) is 113 cm³/mol. The quantitative estimate of drug-likeness (QED) is 0.557. The first kappa shape index (κ1) is 19.7. The van der Waals surface area contributed by atoms with Gasteiger partial charge in [0.15, 0.2) is 0 Å². The Balaban J connectivity index is 1.36. The molecule has 2 aliphatic carbocycles. The molecule has 0 spiro atoms. The summed E-state index contributed by atoms with van der Waals surface area (Å²) >= 11 is 0. The number of esters is 1. The number of carbonyl (C=O) groups excluding carboxylic acids is 1. The van der Waals surface area contributed by atoms with E-state index in [0.717, 1.165) is 18.4 Å². The van der Waals surface area contributed by atoms with Crippen LogP contribution in [-0.4, -0.2) is 30.6 Å². The van der Waals surface area contributed by atoms with E-state index in [1.165, 1.54) is 0 Å². The second kappa shape index (κ2) is 6.75. The minimum absolute atomic E-state index is 0.0442. The Kier molecular flexibility index (Phi) is 4.15. The highest BCUT2D eigenvalue weighted by Crippen LogP contribution is 2.61. The lowest BCUT2D eigenvalue weighted by molar-refractivity contribution is -0.143. The molecule has 32 heavy (non-hydrogen) atoms. The van der Waals surface area contributed by atoms with Crippen molar-refractivity contribution in [3.8, 4) is 11.4 Å². The van der Waals surface area contributed by atoms with E-state index in [-0.39, 0.29) is 39.6 Å². The lowest BCUT2D eigenvalue weighted by Gasteiger charge is -2.20. The molecule has 2 bridgehead atoms. The van der Waals surface area contributed by atoms with Gasteiger partial charge >= 0.3 is 5.97 Å². The topological polar surface area (TPSA) is 99.4 Å². The number of hydrogen-bond acceptors (Lipinski definition) is 7. The van der Waals surface area contributed by atoms with Crippen molar-refractivity contribution in [2.24, 2.45) is 17.8 Å². The molecule has 0 amide bonds. The van der Waals surface area contributed by atoms with Crippen molar-refractivity contribution in [2.45, 2.75) is 48.5 Å². The molecule has 7 nitrogen and oxygen atoms in total. The molecule has 2 heterocycles. The van der Waals surface area contributed by atoms with Crippen molar-refractivity contribution in [1.29, 1.82) is 0 Å². The molecule has 2 aromatic carbocycles. The highest BCUT2D eigenvalue weighted by atomic mass is 32.2. The number of rotatable bonds is 4. The van der Waals surface area contributed by atoms with Gasteiger partial charge in [0.1, 0.15) is 6.10 Å². The number of aromatic nitrogens is 2.